The zero-order valence-electron chi connectivity index (χ0n) is 9.39. The molecule has 1 heterocycles. The molecule has 1 aromatic rings. The van der Waals surface area contributed by atoms with Gasteiger partial charge in [0.2, 0.25) is 0 Å². The molecule has 88 valence electrons. The van der Waals surface area contributed by atoms with Gasteiger partial charge in [-0.05, 0) is 37.1 Å². The first kappa shape index (κ1) is 11.2. The Morgan fingerprint density at radius 1 is 1.25 bits per heavy atom. The van der Waals surface area contributed by atoms with Crippen LogP contribution in [0, 0.1) is 0 Å². The molecular weight excluding hydrogens is 202 g/mol. The molecular formula is C12H19N3O. The average Bonchev–Trinajstić information content (AvgIpc) is 2.32. The Morgan fingerprint density at radius 3 is 2.44 bits per heavy atom. The van der Waals surface area contributed by atoms with E-state index in [1.807, 2.05) is 12.1 Å². The molecule has 0 amide bonds. The number of anilines is 2. The van der Waals surface area contributed by atoms with E-state index in [2.05, 4.69) is 22.3 Å². The standard InChI is InChI=1S/C12H19N3O/c13-9-14-10-1-3-11(4-2-10)15-7-5-12(16)6-8-15/h1-4,12,14,16H,5-9,13H2. The van der Waals surface area contributed by atoms with Crippen LogP contribution in [-0.2, 0) is 0 Å². The summed E-state index contributed by atoms with van der Waals surface area (Å²) >= 11 is 0. The number of rotatable bonds is 3. The van der Waals surface area contributed by atoms with E-state index in [1.165, 1.54) is 5.69 Å². The molecule has 4 N–H and O–H groups in total. The van der Waals surface area contributed by atoms with Gasteiger partial charge in [-0.15, -0.1) is 0 Å². The molecule has 16 heavy (non-hydrogen) atoms. The van der Waals surface area contributed by atoms with Crippen molar-refractivity contribution in [2.75, 3.05) is 30.0 Å². The van der Waals surface area contributed by atoms with Gasteiger partial charge in [0.05, 0.1) is 12.8 Å². The molecule has 1 aliphatic rings. The number of nitrogens with two attached hydrogens (primary N) is 1. The van der Waals surface area contributed by atoms with Crippen LogP contribution >= 0.6 is 0 Å². The third kappa shape index (κ3) is 2.65. The molecule has 4 nitrogen and oxygen atoms in total. The van der Waals surface area contributed by atoms with E-state index in [-0.39, 0.29) is 6.10 Å². The first-order valence-corrected chi connectivity index (χ1v) is 5.76. The molecule has 0 aliphatic carbocycles. The second-order valence-electron chi connectivity index (χ2n) is 4.15. The van der Waals surface area contributed by atoms with Crippen molar-refractivity contribution in [2.24, 2.45) is 5.73 Å². The van der Waals surface area contributed by atoms with E-state index in [0.717, 1.165) is 31.6 Å². The summed E-state index contributed by atoms with van der Waals surface area (Å²) < 4.78 is 0. The normalized spacial score (nSPS) is 17.5. The molecule has 0 saturated carbocycles. The monoisotopic (exact) mass is 221 g/mol. The van der Waals surface area contributed by atoms with Crippen LogP contribution in [0.3, 0.4) is 0 Å². The van der Waals surface area contributed by atoms with Gasteiger partial charge in [0.1, 0.15) is 0 Å². The Hall–Kier alpha value is -1.26. The fourth-order valence-corrected chi connectivity index (χ4v) is 2.03. The van der Waals surface area contributed by atoms with Gasteiger partial charge in [0.15, 0.2) is 0 Å². The van der Waals surface area contributed by atoms with Gasteiger partial charge >= 0.3 is 0 Å². The molecule has 0 atom stereocenters. The molecule has 1 fully saturated rings. The molecule has 4 heteroatoms. The Kier molecular flexibility index (Phi) is 3.64. The number of benzene rings is 1. The van der Waals surface area contributed by atoms with Crippen molar-refractivity contribution in [3.05, 3.63) is 24.3 Å². The highest BCUT2D eigenvalue weighted by Crippen LogP contribution is 2.21. The van der Waals surface area contributed by atoms with Crippen molar-refractivity contribution in [2.45, 2.75) is 18.9 Å². The van der Waals surface area contributed by atoms with E-state index >= 15 is 0 Å². The summed E-state index contributed by atoms with van der Waals surface area (Å²) in [6.07, 6.45) is 1.61. The van der Waals surface area contributed by atoms with Crippen LogP contribution in [-0.4, -0.2) is 31.0 Å². The largest absolute Gasteiger partial charge is 0.393 e. The average molecular weight is 221 g/mol. The number of aliphatic hydroxyl groups excluding tert-OH is 1. The molecule has 1 saturated heterocycles. The third-order valence-corrected chi connectivity index (χ3v) is 3.00. The summed E-state index contributed by atoms with van der Waals surface area (Å²) in [4.78, 5) is 2.30. The lowest BCUT2D eigenvalue weighted by Gasteiger charge is -2.31. The minimum absolute atomic E-state index is 0.116. The van der Waals surface area contributed by atoms with E-state index in [4.69, 9.17) is 5.73 Å². The lowest BCUT2D eigenvalue weighted by atomic mass is 10.1. The predicted molar refractivity (Wildman–Crippen MR) is 66.6 cm³/mol. The minimum Gasteiger partial charge on any atom is -0.393 e. The van der Waals surface area contributed by atoms with E-state index in [1.54, 1.807) is 0 Å². The van der Waals surface area contributed by atoms with Gasteiger partial charge in [-0.3, -0.25) is 0 Å². The molecule has 0 radical (unpaired) electrons. The zero-order chi connectivity index (χ0) is 11.4. The van der Waals surface area contributed by atoms with Gasteiger partial charge in [0, 0.05) is 24.5 Å². The molecule has 0 spiro atoms. The highest BCUT2D eigenvalue weighted by molar-refractivity contribution is 5.55. The first-order chi connectivity index (χ1) is 7.79. The van der Waals surface area contributed by atoms with E-state index < -0.39 is 0 Å². The summed E-state index contributed by atoms with van der Waals surface area (Å²) in [7, 11) is 0. The second-order valence-corrected chi connectivity index (χ2v) is 4.15. The van der Waals surface area contributed by atoms with Gasteiger partial charge in [-0.1, -0.05) is 0 Å². The number of piperidine rings is 1. The number of hydrogen-bond acceptors (Lipinski definition) is 4. The quantitative estimate of drug-likeness (QED) is 0.666. The van der Waals surface area contributed by atoms with Crippen molar-refractivity contribution in [1.82, 2.24) is 0 Å². The van der Waals surface area contributed by atoms with Crippen molar-refractivity contribution >= 4 is 11.4 Å². The highest BCUT2D eigenvalue weighted by atomic mass is 16.3. The summed E-state index contributed by atoms with van der Waals surface area (Å²) in [5, 5.41) is 12.5. The molecule has 0 bridgehead atoms. The number of hydrogen-bond donors (Lipinski definition) is 3. The van der Waals surface area contributed by atoms with Crippen LogP contribution in [0.25, 0.3) is 0 Å². The first-order valence-electron chi connectivity index (χ1n) is 5.76. The van der Waals surface area contributed by atoms with Gasteiger partial charge < -0.3 is 21.1 Å². The van der Waals surface area contributed by atoms with Crippen molar-refractivity contribution < 1.29 is 5.11 Å². The summed E-state index contributed by atoms with van der Waals surface area (Å²) in [5.74, 6) is 0. The smallest absolute Gasteiger partial charge is 0.0628 e. The van der Waals surface area contributed by atoms with Gasteiger partial charge in [-0.25, -0.2) is 0 Å². The Balaban J connectivity index is 1.98. The maximum atomic E-state index is 9.44. The van der Waals surface area contributed by atoms with Crippen LogP contribution in [0.15, 0.2) is 24.3 Å². The van der Waals surface area contributed by atoms with Crippen molar-refractivity contribution in [3.8, 4) is 0 Å². The lowest BCUT2D eigenvalue weighted by molar-refractivity contribution is 0.145. The number of nitrogens with zero attached hydrogens (tertiary/aromatic N) is 1. The Morgan fingerprint density at radius 2 is 1.88 bits per heavy atom. The molecule has 1 aromatic carbocycles. The van der Waals surface area contributed by atoms with Crippen LogP contribution in [0.4, 0.5) is 11.4 Å². The second kappa shape index (κ2) is 5.18. The molecule has 0 unspecified atom stereocenters. The summed E-state index contributed by atoms with van der Waals surface area (Å²) in [6, 6.07) is 8.26. The zero-order valence-corrected chi connectivity index (χ0v) is 9.39. The maximum Gasteiger partial charge on any atom is 0.0628 e. The maximum absolute atomic E-state index is 9.44. The van der Waals surface area contributed by atoms with E-state index in [9.17, 15) is 5.11 Å². The fourth-order valence-electron chi connectivity index (χ4n) is 2.03. The molecule has 2 rings (SSSR count). The Labute approximate surface area is 96.1 Å². The third-order valence-electron chi connectivity index (χ3n) is 3.00. The SMILES string of the molecule is NCNc1ccc(N2CCC(O)CC2)cc1. The molecule has 1 aliphatic heterocycles. The number of nitrogens with one attached hydrogen (secondary N) is 1. The van der Waals surface area contributed by atoms with Crippen LogP contribution in [0.2, 0.25) is 0 Å². The molecule has 0 aromatic heterocycles. The van der Waals surface area contributed by atoms with Gasteiger partial charge in [-0.2, -0.15) is 0 Å². The van der Waals surface area contributed by atoms with Crippen LogP contribution < -0.4 is 16.0 Å². The highest BCUT2D eigenvalue weighted by Gasteiger charge is 2.16. The minimum atomic E-state index is -0.116. The Bertz CT molecular complexity index is 318. The summed E-state index contributed by atoms with van der Waals surface area (Å²) in [5.41, 5.74) is 7.67. The number of aliphatic hydroxyl groups is 1. The summed E-state index contributed by atoms with van der Waals surface area (Å²) in [6.45, 7) is 2.32. The van der Waals surface area contributed by atoms with Crippen molar-refractivity contribution in [3.63, 3.8) is 0 Å². The predicted octanol–water partition coefficient (Wildman–Crippen LogP) is 0.976. The van der Waals surface area contributed by atoms with Crippen LogP contribution in [0.5, 0.6) is 0 Å². The fraction of sp³-hybridized carbons (Fsp3) is 0.500. The van der Waals surface area contributed by atoms with E-state index in [0.29, 0.717) is 6.67 Å². The lowest BCUT2D eigenvalue weighted by Crippen LogP contribution is -2.35. The van der Waals surface area contributed by atoms with Gasteiger partial charge in [0.25, 0.3) is 0 Å². The topological polar surface area (TPSA) is 61.5 Å². The van der Waals surface area contributed by atoms with Crippen molar-refractivity contribution in [1.29, 1.82) is 0 Å². The van der Waals surface area contributed by atoms with Crippen LogP contribution in [0.1, 0.15) is 12.8 Å².